The van der Waals surface area contributed by atoms with Crippen molar-refractivity contribution in [3.05, 3.63) is 0 Å². The Hall–Kier alpha value is -0.0800. The largest absolute Gasteiger partial charge is 0.393 e. The number of rotatable bonds is 4. The summed E-state index contributed by atoms with van der Waals surface area (Å²) in [5, 5.41) is 13.9. The molecule has 0 bridgehead atoms. The number of aliphatic hydroxyl groups is 1. The van der Waals surface area contributed by atoms with E-state index in [-0.39, 0.29) is 6.10 Å². The van der Waals surface area contributed by atoms with Crippen LogP contribution in [0.2, 0.25) is 0 Å². The van der Waals surface area contributed by atoms with E-state index in [9.17, 15) is 5.11 Å². The lowest BCUT2D eigenvalue weighted by Gasteiger charge is -2.39. The van der Waals surface area contributed by atoms with Crippen LogP contribution in [-0.4, -0.2) is 23.8 Å². The summed E-state index contributed by atoms with van der Waals surface area (Å²) in [6.07, 6.45) is 8.79. The molecule has 112 valence electrons. The lowest BCUT2D eigenvalue weighted by atomic mass is 9.73. The zero-order valence-corrected chi connectivity index (χ0v) is 13.1. The lowest BCUT2D eigenvalue weighted by molar-refractivity contribution is 0.0623. The van der Waals surface area contributed by atoms with Crippen molar-refractivity contribution in [2.75, 3.05) is 6.54 Å². The first-order valence-corrected chi connectivity index (χ1v) is 8.49. The molecule has 2 saturated carbocycles. The van der Waals surface area contributed by atoms with Gasteiger partial charge in [0.25, 0.3) is 0 Å². The maximum atomic E-state index is 10.1. The van der Waals surface area contributed by atoms with Crippen LogP contribution in [0.15, 0.2) is 0 Å². The fourth-order valence-corrected chi connectivity index (χ4v) is 4.17. The van der Waals surface area contributed by atoms with Crippen molar-refractivity contribution in [2.45, 2.75) is 77.9 Å². The van der Waals surface area contributed by atoms with Gasteiger partial charge in [-0.2, -0.15) is 0 Å². The highest BCUT2D eigenvalue weighted by Crippen LogP contribution is 2.34. The molecule has 0 aromatic rings. The number of hydrogen-bond acceptors (Lipinski definition) is 2. The Morgan fingerprint density at radius 2 is 1.84 bits per heavy atom. The standard InChI is InChI=1S/C17H33NO/c1-12(2)15-9-8-13(3)10-16(15)18-11-14-6-4-5-7-17(14)19/h12-19H,4-11H2,1-3H3. The molecule has 19 heavy (non-hydrogen) atoms. The Kier molecular flexibility index (Phi) is 5.70. The number of nitrogens with one attached hydrogen (secondary N) is 1. The molecule has 5 unspecified atom stereocenters. The Morgan fingerprint density at radius 1 is 1.11 bits per heavy atom. The van der Waals surface area contributed by atoms with Crippen LogP contribution >= 0.6 is 0 Å². The minimum Gasteiger partial charge on any atom is -0.393 e. The summed E-state index contributed by atoms with van der Waals surface area (Å²) >= 11 is 0. The lowest BCUT2D eigenvalue weighted by Crippen LogP contribution is -2.46. The van der Waals surface area contributed by atoms with E-state index in [1.54, 1.807) is 0 Å². The smallest absolute Gasteiger partial charge is 0.0580 e. The maximum absolute atomic E-state index is 10.1. The molecule has 2 fully saturated rings. The van der Waals surface area contributed by atoms with Gasteiger partial charge in [-0.25, -0.2) is 0 Å². The van der Waals surface area contributed by atoms with E-state index in [2.05, 4.69) is 26.1 Å². The molecule has 2 rings (SSSR count). The molecular formula is C17H33NO. The molecule has 0 saturated heterocycles. The van der Waals surface area contributed by atoms with Crippen LogP contribution < -0.4 is 5.32 Å². The van der Waals surface area contributed by atoms with Gasteiger partial charge in [0.05, 0.1) is 6.10 Å². The third-order valence-electron chi connectivity index (χ3n) is 5.53. The van der Waals surface area contributed by atoms with Crippen molar-refractivity contribution in [2.24, 2.45) is 23.7 Å². The second-order valence-corrected chi connectivity index (χ2v) is 7.45. The third kappa shape index (κ3) is 4.19. The van der Waals surface area contributed by atoms with Gasteiger partial charge in [0.15, 0.2) is 0 Å². The van der Waals surface area contributed by atoms with Gasteiger partial charge in [0, 0.05) is 12.6 Å². The normalized spacial score (nSPS) is 40.6. The van der Waals surface area contributed by atoms with Crippen molar-refractivity contribution < 1.29 is 5.11 Å². The highest BCUT2D eigenvalue weighted by molar-refractivity contribution is 4.87. The van der Waals surface area contributed by atoms with E-state index in [1.165, 1.54) is 38.5 Å². The van der Waals surface area contributed by atoms with Gasteiger partial charge < -0.3 is 10.4 Å². The molecule has 0 aliphatic heterocycles. The fourth-order valence-electron chi connectivity index (χ4n) is 4.17. The molecule has 0 heterocycles. The fraction of sp³-hybridized carbons (Fsp3) is 1.00. The van der Waals surface area contributed by atoms with Gasteiger partial charge in [-0.15, -0.1) is 0 Å². The zero-order valence-electron chi connectivity index (χ0n) is 13.1. The molecule has 2 nitrogen and oxygen atoms in total. The van der Waals surface area contributed by atoms with Crippen molar-refractivity contribution in [3.8, 4) is 0 Å². The van der Waals surface area contributed by atoms with E-state index in [0.29, 0.717) is 12.0 Å². The Morgan fingerprint density at radius 3 is 2.53 bits per heavy atom. The van der Waals surface area contributed by atoms with Crippen LogP contribution in [0.1, 0.15) is 65.7 Å². The van der Waals surface area contributed by atoms with E-state index in [0.717, 1.165) is 30.7 Å². The van der Waals surface area contributed by atoms with Gasteiger partial charge in [0.1, 0.15) is 0 Å². The molecule has 0 aromatic heterocycles. The minimum atomic E-state index is -0.0558. The first-order chi connectivity index (χ1) is 9.08. The zero-order chi connectivity index (χ0) is 13.8. The molecule has 5 atom stereocenters. The predicted molar refractivity (Wildman–Crippen MR) is 81.1 cm³/mol. The van der Waals surface area contributed by atoms with Crippen molar-refractivity contribution in [1.82, 2.24) is 5.32 Å². The average Bonchev–Trinajstić information content (AvgIpc) is 2.37. The molecule has 2 N–H and O–H groups in total. The second-order valence-electron chi connectivity index (χ2n) is 7.45. The summed E-state index contributed by atoms with van der Waals surface area (Å²) in [6, 6.07) is 0.679. The summed E-state index contributed by atoms with van der Waals surface area (Å²) in [5.74, 6) is 2.97. The first-order valence-electron chi connectivity index (χ1n) is 8.49. The SMILES string of the molecule is CC1CCC(C(C)C)C(NCC2CCCCC2O)C1. The Balaban J connectivity index is 1.84. The number of hydrogen-bond donors (Lipinski definition) is 2. The molecule has 0 radical (unpaired) electrons. The Labute approximate surface area is 119 Å². The monoisotopic (exact) mass is 267 g/mol. The van der Waals surface area contributed by atoms with Crippen LogP contribution in [0.25, 0.3) is 0 Å². The molecule has 0 aromatic carbocycles. The highest BCUT2D eigenvalue weighted by atomic mass is 16.3. The first kappa shape index (κ1) is 15.3. The van der Waals surface area contributed by atoms with Crippen LogP contribution in [0.5, 0.6) is 0 Å². The maximum Gasteiger partial charge on any atom is 0.0580 e. The predicted octanol–water partition coefficient (Wildman–Crippen LogP) is 3.59. The molecule has 2 aliphatic rings. The van der Waals surface area contributed by atoms with Crippen molar-refractivity contribution >= 4 is 0 Å². The third-order valence-corrected chi connectivity index (χ3v) is 5.53. The van der Waals surface area contributed by atoms with E-state index < -0.39 is 0 Å². The van der Waals surface area contributed by atoms with E-state index in [4.69, 9.17) is 0 Å². The van der Waals surface area contributed by atoms with Gasteiger partial charge >= 0.3 is 0 Å². The number of aliphatic hydroxyl groups excluding tert-OH is 1. The van der Waals surface area contributed by atoms with E-state index >= 15 is 0 Å². The van der Waals surface area contributed by atoms with Crippen LogP contribution in [0.3, 0.4) is 0 Å². The van der Waals surface area contributed by atoms with Gasteiger partial charge in [-0.05, 0) is 49.4 Å². The molecule has 0 amide bonds. The summed E-state index contributed by atoms with van der Waals surface area (Å²) in [6.45, 7) is 8.15. The minimum absolute atomic E-state index is 0.0558. The topological polar surface area (TPSA) is 32.3 Å². The average molecular weight is 267 g/mol. The molecule has 2 aliphatic carbocycles. The van der Waals surface area contributed by atoms with E-state index in [1.807, 2.05) is 0 Å². The summed E-state index contributed by atoms with van der Waals surface area (Å²) in [4.78, 5) is 0. The van der Waals surface area contributed by atoms with Crippen LogP contribution in [-0.2, 0) is 0 Å². The van der Waals surface area contributed by atoms with Crippen LogP contribution in [0, 0.1) is 23.7 Å². The second kappa shape index (κ2) is 7.08. The molecular weight excluding hydrogens is 234 g/mol. The Bertz CT molecular complexity index is 266. The molecule has 2 heteroatoms. The summed E-state index contributed by atoms with van der Waals surface area (Å²) in [5.41, 5.74) is 0. The van der Waals surface area contributed by atoms with Gasteiger partial charge in [-0.3, -0.25) is 0 Å². The quantitative estimate of drug-likeness (QED) is 0.816. The van der Waals surface area contributed by atoms with Gasteiger partial charge in [-0.1, -0.05) is 40.0 Å². The van der Waals surface area contributed by atoms with Crippen molar-refractivity contribution in [1.29, 1.82) is 0 Å². The summed E-state index contributed by atoms with van der Waals surface area (Å²) in [7, 11) is 0. The molecule has 0 spiro atoms. The van der Waals surface area contributed by atoms with Gasteiger partial charge in [0.2, 0.25) is 0 Å². The highest BCUT2D eigenvalue weighted by Gasteiger charge is 2.31. The summed E-state index contributed by atoms with van der Waals surface area (Å²) < 4.78 is 0. The van der Waals surface area contributed by atoms with Crippen LogP contribution in [0.4, 0.5) is 0 Å². The van der Waals surface area contributed by atoms with Crippen molar-refractivity contribution in [3.63, 3.8) is 0 Å².